The fourth-order valence-electron chi connectivity index (χ4n) is 3.19. The Bertz CT molecular complexity index is 791. The Morgan fingerprint density at radius 1 is 0.957 bits per heavy atom. The molecule has 0 amide bonds. The summed E-state index contributed by atoms with van der Waals surface area (Å²) in [6.45, 7) is 4.31. The highest BCUT2D eigenvalue weighted by Crippen LogP contribution is 2.22. The van der Waals surface area contributed by atoms with Gasteiger partial charge >= 0.3 is 0 Å². The van der Waals surface area contributed by atoms with Gasteiger partial charge in [-0.15, -0.1) is 0 Å². The summed E-state index contributed by atoms with van der Waals surface area (Å²) in [6.07, 6.45) is 1.82. The van der Waals surface area contributed by atoms with Crippen LogP contribution >= 0.6 is 0 Å². The van der Waals surface area contributed by atoms with Crippen molar-refractivity contribution in [3.8, 4) is 0 Å². The first kappa shape index (κ1) is 14.2. The van der Waals surface area contributed by atoms with Gasteiger partial charge in [-0.05, 0) is 24.3 Å². The van der Waals surface area contributed by atoms with Crippen LogP contribution in [-0.2, 0) is 6.54 Å². The average Bonchev–Trinajstić information content (AvgIpc) is 2.93. The van der Waals surface area contributed by atoms with Gasteiger partial charge in [0.05, 0.1) is 11.2 Å². The first-order valence-electron chi connectivity index (χ1n) is 7.95. The maximum Gasteiger partial charge on any atom is 0.128 e. The highest BCUT2D eigenvalue weighted by molar-refractivity contribution is 5.80. The molecule has 118 valence electrons. The molecule has 0 bridgehead atoms. The van der Waals surface area contributed by atoms with E-state index in [1.54, 1.807) is 0 Å². The molecule has 1 aliphatic rings. The molecule has 0 aliphatic carbocycles. The summed E-state index contributed by atoms with van der Waals surface area (Å²) in [4.78, 5) is 9.79. The molecule has 0 spiro atoms. The molecule has 23 heavy (non-hydrogen) atoms. The molecule has 1 aromatic carbocycles. The molecule has 1 aliphatic heterocycles. The highest BCUT2D eigenvalue weighted by atomic mass is 19.2. The van der Waals surface area contributed by atoms with Crippen molar-refractivity contribution < 1.29 is 4.48 Å². The monoisotopic (exact) mass is 310 g/mol. The molecule has 0 unspecified atom stereocenters. The Kier molecular flexibility index (Phi) is 3.71. The molecule has 4 rings (SSSR count). The number of piperazine rings is 1. The summed E-state index contributed by atoms with van der Waals surface area (Å²) in [5.74, 6) is 1.02. The zero-order valence-electron chi connectivity index (χ0n) is 12.9. The normalized spacial score (nSPS) is 16.1. The van der Waals surface area contributed by atoms with Crippen LogP contribution in [-0.4, -0.2) is 40.9 Å². The number of fused-ring (bicyclic) bond motifs is 1. The van der Waals surface area contributed by atoms with Gasteiger partial charge in [0, 0.05) is 44.3 Å². The Balaban J connectivity index is 1.43. The van der Waals surface area contributed by atoms with E-state index in [1.165, 1.54) is 0 Å². The standard InChI is InChI=1S/C18H19FN4/c19-23-16(13-15-5-1-2-6-17(15)23)14-21-9-11-22(12-10-21)18-7-3-4-8-20-18/h1-8,13H,9-12,14H2. The summed E-state index contributed by atoms with van der Waals surface area (Å²) in [6, 6.07) is 15.5. The van der Waals surface area contributed by atoms with Crippen LogP contribution in [0.4, 0.5) is 10.3 Å². The molecule has 3 heterocycles. The minimum absolute atomic E-state index is 0.640. The number of para-hydroxylation sites is 1. The fraction of sp³-hybridized carbons (Fsp3) is 0.278. The van der Waals surface area contributed by atoms with Crippen molar-refractivity contribution in [3.63, 3.8) is 0 Å². The molecule has 0 radical (unpaired) electrons. The number of hydrogen-bond donors (Lipinski definition) is 0. The molecular formula is C18H19FN4. The Morgan fingerprint density at radius 3 is 2.48 bits per heavy atom. The van der Waals surface area contributed by atoms with Gasteiger partial charge in [0.25, 0.3) is 0 Å². The van der Waals surface area contributed by atoms with Crippen LogP contribution < -0.4 is 4.90 Å². The summed E-state index contributed by atoms with van der Waals surface area (Å²) in [7, 11) is 0. The largest absolute Gasteiger partial charge is 0.354 e. The number of hydrogen-bond acceptors (Lipinski definition) is 3. The third-order valence-electron chi connectivity index (χ3n) is 4.45. The number of anilines is 1. The van der Waals surface area contributed by atoms with Gasteiger partial charge in [0.1, 0.15) is 5.82 Å². The summed E-state index contributed by atoms with van der Waals surface area (Å²) < 4.78 is 14.4. The fourth-order valence-corrected chi connectivity index (χ4v) is 3.19. The Morgan fingerprint density at radius 2 is 1.74 bits per heavy atom. The second kappa shape index (κ2) is 6.01. The molecule has 3 aromatic rings. The molecule has 0 saturated carbocycles. The maximum atomic E-state index is 14.4. The minimum Gasteiger partial charge on any atom is -0.354 e. The van der Waals surface area contributed by atoms with Gasteiger partial charge in [-0.1, -0.05) is 28.7 Å². The molecule has 4 nitrogen and oxygen atoms in total. The number of pyridine rings is 1. The van der Waals surface area contributed by atoms with Crippen molar-refractivity contribution in [1.29, 1.82) is 0 Å². The Hall–Kier alpha value is -2.40. The van der Waals surface area contributed by atoms with E-state index in [1.807, 2.05) is 54.7 Å². The minimum atomic E-state index is 0.640. The third kappa shape index (κ3) is 2.80. The molecular weight excluding hydrogens is 291 g/mol. The molecule has 0 N–H and O–H groups in total. The van der Waals surface area contributed by atoms with Crippen molar-refractivity contribution in [2.75, 3.05) is 31.1 Å². The van der Waals surface area contributed by atoms with Crippen molar-refractivity contribution in [3.05, 3.63) is 60.4 Å². The second-order valence-corrected chi connectivity index (χ2v) is 5.93. The van der Waals surface area contributed by atoms with Crippen LogP contribution in [0.5, 0.6) is 0 Å². The topological polar surface area (TPSA) is 24.3 Å². The predicted octanol–water partition coefficient (Wildman–Crippen LogP) is 3.09. The van der Waals surface area contributed by atoms with Gasteiger partial charge in [-0.25, -0.2) is 4.98 Å². The summed E-state index contributed by atoms with van der Waals surface area (Å²) >= 11 is 0. The maximum absolute atomic E-state index is 14.4. The molecule has 0 atom stereocenters. The lowest BCUT2D eigenvalue weighted by molar-refractivity contribution is 0.231. The summed E-state index contributed by atoms with van der Waals surface area (Å²) in [5.41, 5.74) is 1.37. The van der Waals surface area contributed by atoms with Crippen LogP contribution in [0.2, 0.25) is 0 Å². The zero-order valence-corrected chi connectivity index (χ0v) is 12.9. The predicted molar refractivity (Wildman–Crippen MR) is 90.2 cm³/mol. The molecule has 5 heteroatoms. The lowest BCUT2D eigenvalue weighted by Crippen LogP contribution is -2.46. The van der Waals surface area contributed by atoms with E-state index in [0.29, 0.717) is 12.1 Å². The van der Waals surface area contributed by atoms with E-state index < -0.39 is 0 Å². The first-order valence-corrected chi connectivity index (χ1v) is 7.95. The number of rotatable bonds is 3. The zero-order chi connectivity index (χ0) is 15.6. The number of halogens is 1. The smallest absolute Gasteiger partial charge is 0.128 e. The van der Waals surface area contributed by atoms with Crippen molar-refractivity contribution in [2.45, 2.75) is 6.54 Å². The van der Waals surface area contributed by atoms with E-state index in [9.17, 15) is 4.48 Å². The van der Waals surface area contributed by atoms with E-state index in [4.69, 9.17) is 0 Å². The van der Waals surface area contributed by atoms with E-state index in [2.05, 4.69) is 14.8 Å². The van der Waals surface area contributed by atoms with Gasteiger partial charge in [-0.3, -0.25) is 4.90 Å². The number of aromatic nitrogens is 2. The Labute approximate surface area is 134 Å². The van der Waals surface area contributed by atoms with Gasteiger partial charge in [0.15, 0.2) is 0 Å². The van der Waals surface area contributed by atoms with E-state index >= 15 is 0 Å². The summed E-state index contributed by atoms with van der Waals surface area (Å²) in [5, 5.41) is 0.956. The third-order valence-corrected chi connectivity index (χ3v) is 4.45. The number of benzene rings is 1. The first-order chi connectivity index (χ1) is 11.3. The van der Waals surface area contributed by atoms with Crippen LogP contribution in [0.3, 0.4) is 0 Å². The lowest BCUT2D eigenvalue weighted by atomic mass is 10.2. The SMILES string of the molecule is Fn1c(CN2CCN(c3ccccn3)CC2)cc2ccccc21. The van der Waals surface area contributed by atoms with Crippen molar-refractivity contribution >= 4 is 16.7 Å². The second-order valence-electron chi connectivity index (χ2n) is 5.93. The number of nitrogens with zero attached hydrogens (tertiary/aromatic N) is 4. The van der Waals surface area contributed by atoms with Crippen LogP contribution in [0.15, 0.2) is 54.7 Å². The average molecular weight is 310 g/mol. The lowest BCUT2D eigenvalue weighted by Gasteiger charge is -2.35. The van der Waals surface area contributed by atoms with Crippen molar-refractivity contribution in [2.24, 2.45) is 0 Å². The van der Waals surface area contributed by atoms with Crippen LogP contribution in [0, 0.1) is 0 Å². The van der Waals surface area contributed by atoms with E-state index in [-0.39, 0.29) is 0 Å². The van der Waals surface area contributed by atoms with Crippen LogP contribution in [0.1, 0.15) is 5.69 Å². The van der Waals surface area contributed by atoms with Gasteiger partial charge < -0.3 is 4.90 Å². The molecule has 1 fully saturated rings. The molecule has 2 aromatic heterocycles. The highest BCUT2D eigenvalue weighted by Gasteiger charge is 2.19. The quantitative estimate of drug-likeness (QED) is 0.743. The van der Waals surface area contributed by atoms with Gasteiger partial charge in [-0.2, -0.15) is 4.79 Å². The molecule has 1 saturated heterocycles. The van der Waals surface area contributed by atoms with Gasteiger partial charge in [0.2, 0.25) is 0 Å². The van der Waals surface area contributed by atoms with Crippen LogP contribution in [0.25, 0.3) is 10.9 Å². The van der Waals surface area contributed by atoms with Crippen molar-refractivity contribution in [1.82, 2.24) is 14.7 Å². The van der Waals surface area contributed by atoms with E-state index in [0.717, 1.165) is 47.9 Å².